The summed E-state index contributed by atoms with van der Waals surface area (Å²) in [5, 5.41) is 7.54. The molecule has 3 heterocycles. The van der Waals surface area contributed by atoms with Crippen molar-refractivity contribution in [1.29, 1.82) is 0 Å². The lowest BCUT2D eigenvalue weighted by molar-refractivity contribution is 0.612. The third kappa shape index (κ3) is 0.748. The van der Waals surface area contributed by atoms with E-state index in [2.05, 4.69) is 15.4 Å². The molecule has 0 amide bonds. The van der Waals surface area contributed by atoms with Crippen molar-refractivity contribution >= 4 is 16.3 Å². The summed E-state index contributed by atoms with van der Waals surface area (Å²) >= 11 is 1.59. The second-order valence-electron chi connectivity index (χ2n) is 2.87. The molecule has 1 aliphatic rings. The molecule has 0 fully saturated rings. The topological polar surface area (TPSA) is 42.2 Å². The van der Waals surface area contributed by atoms with Gasteiger partial charge in [-0.1, -0.05) is 11.3 Å². The lowest BCUT2D eigenvalue weighted by Gasteiger charge is -2.10. The van der Waals surface area contributed by atoms with E-state index in [1.165, 1.54) is 11.4 Å². The number of nitrogens with one attached hydrogen (secondary N) is 1. The molecule has 0 aromatic carbocycles. The number of fused-ring (bicyclic) bond motifs is 3. The first-order valence-corrected chi connectivity index (χ1v) is 4.84. The van der Waals surface area contributed by atoms with Crippen molar-refractivity contribution in [2.45, 2.75) is 13.0 Å². The predicted molar refractivity (Wildman–Crippen MR) is 46.3 cm³/mol. The Balaban J connectivity index is 2.34. The molecule has 4 nitrogen and oxygen atoms in total. The standard InChI is InChI=1S/C7H8N4S/c1-2-8-3-6-5(1)10-7-11(6)9-4-12-7/h4,8H,1-3H2. The average Bonchev–Trinajstić information content (AvgIpc) is 2.62. The molecule has 5 heteroatoms. The van der Waals surface area contributed by atoms with Crippen LogP contribution >= 0.6 is 11.3 Å². The Kier molecular flexibility index (Phi) is 1.24. The smallest absolute Gasteiger partial charge is 0.212 e. The van der Waals surface area contributed by atoms with Gasteiger partial charge in [-0.3, -0.25) is 0 Å². The van der Waals surface area contributed by atoms with Gasteiger partial charge in [0.2, 0.25) is 4.96 Å². The molecule has 2 aromatic heterocycles. The zero-order valence-corrected chi connectivity index (χ0v) is 7.27. The maximum Gasteiger partial charge on any atom is 0.212 e. The first-order chi connectivity index (χ1) is 5.95. The molecule has 62 valence electrons. The molecule has 0 saturated carbocycles. The Labute approximate surface area is 73.2 Å². The summed E-state index contributed by atoms with van der Waals surface area (Å²) in [6.07, 6.45) is 1.03. The van der Waals surface area contributed by atoms with Crippen LogP contribution in [0, 0.1) is 0 Å². The number of hydrogen-bond donors (Lipinski definition) is 1. The highest BCUT2D eigenvalue weighted by molar-refractivity contribution is 7.14. The maximum absolute atomic E-state index is 4.49. The third-order valence-electron chi connectivity index (χ3n) is 2.15. The summed E-state index contributed by atoms with van der Waals surface area (Å²) in [6, 6.07) is 0. The van der Waals surface area contributed by atoms with Crippen LogP contribution in [0.2, 0.25) is 0 Å². The molecule has 3 rings (SSSR count). The van der Waals surface area contributed by atoms with E-state index in [1.54, 1.807) is 11.3 Å². The number of nitrogens with zero attached hydrogens (tertiary/aromatic N) is 3. The Morgan fingerprint density at radius 3 is 3.58 bits per heavy atom. The van der Waals surface area contributed by atoms with Crippen molar-refractivity contribution in [2.75, 3.05) is 6.54 Å². The minimum absolute atomic E-state index is 0.903. The first-order valence-electron chi connectivity index (χ1n) is 3.96. The van der Waals surface area contributed by atoms with E-state index >= 15 is 0 Å². The van der Waals surface area contributed by atoms with E-state index in [-0.39, 0.29) is 0 Å². The molecule has 1 aliphatic heterocycles. The Bertz CT molecular complexity index is 416. The summed E-state index contributed by atoms with van der Waals surface area (Å²) in [7, 11) is 0. The molecule has 0 unspecified atom stereocenters. The minimum Gasteiger partial charge on any atom is -0.311 e. The van der Waals surface area contributed by atoms with Crippen LogP contribution in [-0.4, -0.2) is 21.1 Å². The van der Waals surface area contributed by atoms with Gasteiger partial charge in [-0.2, -0.15) is 5.10 Å². The summed E-state index contributed by atoms with van der Waals surface area (Å²) in [5.74, 6) is 0. The number of aromatic nitrogens is 3. The highest BCUT2D eigenvalue weighted by Crippen LogP contribution is 2.17. The number of hydrogen-bond acceptors (Lipinski definition) is 4. The van der Waals surface area contributed by atoms with Crippen molar-refractivity contribution in [3.63, 3.8) is 0 Å². The highest BCUT2D eigenvalue weighted by atomic mass is 32.1. The fourth-order valence-electron chi connectivity index (χ4n) is 1.57. The van der Waals surface area contributed by atoms with Crippen molar-refractivity contribution in [2.24, 2.45) is 0 Å². The van der Waals surface area contributed by atoms with E-state index in [0.29, 0.717) is 0 Å². The van der Waals surface area contributed by atoms with Gasteiger partial charge in [0.1, 0.15) is 5.51 Å². The number of imidazole rings is 1. The molecule has 0 radical (unpaired) electrons. The summed E-state index contributed by atoms with van der Waals surface area (Å²) in [4.78, 5) is 5.51. The van der Waals surface area contributed by atoms with Crippen LogP contribution in [0.25, 0.3) is 4.96 Å². The van der Waals surface area contributed by atoms with Gasteiger partial charge < -0.3 is 5.32 Å². The molecule has 12 heavy (non-hydrogen) atoms. The summed E-state index contributed by atoms with van der Waals surface area (Å²) in [6.45, 7) is 1.94. The molecule has 1 N–H and O–H groups in total. The number of rotatable bonds is 0. The van der Waals surface area contributed by atoms with Gasteiger partial charge in [0.05, 0.1) is 11.4 Å². The average molecular weight is 180 g/mol. The molecule has 0 atom stereocenters. The van der Waals surface area contributed by atoms with Gasteiger partial charge >= 0.3 is 0 Å². The third-order valence-corrected chi connectivity index (χ3v) is 2.83. The van der Waals surface area contributed by atoms with E-state index in [1.807, 2.05) is 10.0 Å². The molecule has 2 aromatic rings. The van der Waals surface area contributed by atoms with Gasteiger partial charge in [-0.15, -0.1) is 0 Å². The van der Waals surface area contributed by atoms with Gasteiger partial charge in [0.25, 0.3) is 0 Å². The quantitative estimate of drug-likeness (QED) is 0.639. The fraction of sp³-hybridized carbons (Fsp3) is 0.429. The van der Waals surface area contributed by atoms with E-state index in [9.17, 15) is 0 Å². The molecule has 0 bridgehead atoms. The minimum atomic E-state index is 0.903. The van der Waals surface area contributed by atoms with E-state index in [0.717, 1.165) is 24.5 Å². The van der Waals surface area contributed by atoms with Crippen molar-refractivity contribution in [3.8, 4) is 0 Å². The molecule has 0 spiro atoms. The maximum atomic E-state index is 4.49. The monoisotopic (exact) mass is 180 g/mol. The summed E-state index contributed by atoms with van der Waals surface area (Å²) < 4.78 is 1.94. The Morgan fingerprint density at radius 2 is 2.58 bits per heavy atom. The Morgan fingerprint density at radius 1 is 1.58 bits per heavy atom. The lowest BCUT2D eigenvalue weighted by Crippen LogP contribution is -2.24. The molecular weight excluding hydrogens is 172 g/mol. The van der Waals surface area contributed by atoms with Crippen molar-refractivity contribution < 1.29 is 0 Å². The van der Waals surface area contributed by atoms with Gasteiger partial charge in [-0.05, 0) is 0 Å². The van der Waals surface area contributed by atoms with Gasteiger partial charge in [-0.25, -0.2) is 9.50 Å². The first kappa shape index (κ1) is 6.56. The molecule has 0 saturated heterocycles. The largest absolute Gasteiger partial charge is 0.311 e. The second kappa shape index (κ2) is 2.27. The van der Waals surface area contributed by atoms with Crippen LogP contribution in [0.1, 0.15) is 11.4 Å². The van der Waals surface area contributed by atoms with E-state index in [4.69, 9.17) is 0 Å². The van der Waals surface area contributed by atoms with E-state index < -0.39 is 0 Å². The lowest BCUT2D eigenvalue weighted by atomic mass is 10.2. The normalized spacial score (nSPS) is 16.7. The Hall–Kier alpha value is -0.940. The SMILES string of the molecule is c1nn2c3c(nc2s1)CCNC3. The zero-order valence-electron chi connectivity index (χ0n) is 6.45. The van der Waals surface area contributed by atoms with Crippen molar-refractivity contribution in [1.82, 2.24) is 19.9 Å². The van der Waals surface area contributed by atoms with Gasteiger partial charge in [0, 0.05) is 19.5 Å². The van der Waals surface area contributed by atoms with Crippen LogP contribution < -0.4 is 5.32 Å². The van der Waals surface area contributed by atoms with Crippen LogP contribution in [0.15, 0.2) is 5.51 Å². The molecule has 0 aliphatic carbocycles. The van der Waals surface area contributed by atoms with Crippen LogP contribution in [0.3, 0.4) is 0 Å². The highest BCUT2D eigenvalue weighted by Gasteiger charge is 2.16. The fourth-order valence-corrected chi connectivity index (χ4v) is 2.22. The second-order valence-corrected chi connectivity index (χ2v) is 3.68. The summed E-state index contributed by atoms with van der Waals surface area (Å²) in [5.41, 5.74) is 4.28. The zero-order chi connectivity index (χ0) is 7.97. The predicted octanol–water partition coefficient (Wildman–Crippen LogP) is 0.436. The van der Waals surface area contributed by atoms with Crippen LogP contribution in [0.4, 0.5) is 0 Å². The molecular formula is C7H8N4S. The van der Waals surface area contributed by atoms with Gasteiger partial charge in [0.15, 0.2) is 0 Å². The van der Waals surface area contributed by atoms with Crippen molar-refractivity contribution in [3.05, 3.63) is 16.9 Å². The van der Waals surface area contributed by atoms with Crippen LogP contribution in [-0.2, 0) is 13.0 Å². The van der Waals surface area contributed by atoms with Crippen LogP contribution in [0.5, 0.6) is 0 Å².